The number of amides is 1. The number of hydrogen-bond donors (Lipinski definition) is 1. The van der Waals surface area contributed by atoms with Crippen molar-refractivity contribution in [1.82, 2.24) is 20.0 Å². The van der Waals surface area contributed by atoms with Crippen molar-refractivity contribution in [2.75, 3.05) is 19.6 Å². The Labute approximate surface area is 174 Å². The lowest BCUT2D eigenvalue weighted by atomic mass is 9.68. The van der Waals surface area contributed by atoms with E-state index in [4.69, 9.17) is 0 Å². The lowest BCUT2D eigenvalue weighted by molar-refractivity contribution is 0.00131. The van der Waals surface area contributed by atoms with Gasteiger partial charge in [0.1, 0.15) is 5.69 Å². The van der Waals surface area contributed by atoms with Gasteiger partial charge >= 0.3 is 0 Å². The highest BCUT2D eigenvalue weighted by atomic mass is 16.2. The number of rotatable bonds is 4. The number of piperidine rings is 3. The summed E-state index contributed by atoms with van der Waals surface area (Å²) >= 11 is 0. The molecule has 1 aromatic heterocycles. The molecule has 0 radical (unpaired) electrons. The number of aryl methyl sites for hydroxylation is 1. The summed E-state index contributed by atoms with van der Waals surface area (Å²) < 4.78 is 0. The van der Waals surface area contributed by atoms with E-state index in [1.807, 2.05) is 6.07 Å². The zero-order chi connectivity index (χ0) is 20.0. The highest BCUT2D eigenvalue weighted by Gasteiger charge is 2.47. The van der Waals surface area contributed by atoms with Gasteiger partial charge in [-0.2, -0.15) is 5.10 Å². The van der Waals surface area contributed by atoms with Crippen LogP contribution >= 0.6 is 0 Å². The Morgan fingerprint density at radius 2 is 2.17 bits per heavy atom. The Balaban J connectivity index is 1.36. The van der Waals surface area contributed by atoms with E-state index in [1.54, 1.807) is 5.57 Å². The SMILES string of the molecule is CC(C)CCc1cc(C(=O)N2CCCC3=C[C@H]4C[C@@H](CN5CCCC[C@H]45)[C@@H]32)n[nH]1. The van der Waals surface area contributed by atoms with Crippen LogP contribution in [0.1, 0.15) is 75.0 Å². The van der Waals surface area contributed by atoms with Gasteiger partial charge < -0.3 is 4.90 Å². The quantitative estimate of drug-likeness (QED) is 0.782. The molecule has 5 heteroatoms. The molecule has 1 aromatic rings. The largest absolute Gasteiger partial charge is 0.330 e. The van der Waals surface area contributed by atoms with Gasteiger partial charge in [-0.25, -0.2) is 0 Å². The molecule has 0 spiro atoms. The molecular formula is C24H36N4O. The molecule has 0 saturated carbocycles. The summed E-state index contributed by atoms with van der Waals surface area (Å²) in [6.07, 6.45) is 12.3. The third-order valence-electron chi connectivity index (χ3n) is 7.76. The van der Waals surface area contributed by atoms with Crippen molar-refractivity contribution < 1.29 is 4.79 Å². The van der Waals surface area contributed by atoms with Crippen molar-refractivity contribution in [3.8, 4) is 0 Å². The molecule has 0 unspecified atom stereocenters. The molecule has 1 amide bonds. The first-order chi connectivity index (χ1) is 14.1. The number of carbonyl (C=O) groups excluding carboxylic acids is 1. The number of aromatic nitrogens is 2. The maximum absolute atomic E-state index is 13.5. The fraction of sp³-hybridized carbons (Fsp3) is 0.750. The second-order valence-corrected chi connectivity index (χ2v) is 10.2. The predicted octanol–water partition coefficient (Wildman–Crippen LogP) is 4.03. The van der Waals surface area contributed by atoms with E-state index in [9.17, 15) is 4.79 Å². The number of nitrogens with one attached hydrogen (secondary N) is 1. The van der Waals surface area contributed by atoms with E-state index in [1.165, 1.54) is 45.2 Å². The van der Waals surface area contributed by atoms with Gasteiger partial charge in [-0.3, -0.25) is 14.8 Å². The van der Waals surface area contributed by atoms with Crippen LogP contribution in [0.3, 0.4) is 0 Å². The number of H-pyrrole nitrogens is 1. The Bertz CT molecular complexity index is 782. The van der Waals surface area contributed by atoms with Gasteiger partial charge in [-0.1, -0.05) is 31.9 Å². The first-order valence-electron chi connectivity index (χ1n) is 11.9. The summed E-state index contributed by atoms with van der Waals surface area (Å²) in [5, 5.41) is 7.52. The summed E-state index contributed by atoms with van der Waals surface area (Å²) in [5.41, 5.74) is 3.25. The molecule has 3 fully saturated rings. The molecule has 4 heterocycles. The molecule has 1 N–H and O–H groups in total. The van der Waals surface area contributed by atoms with E-state index in [0.717, 1.165) is 37.5 Å². The number of nitrogens with zero attached hydrogens (tertiary/aromatic N) is 3. The first kappa shape index (κ1) is 19.3. The van der Waals surface area contributed by atoms with Gasteiger partial charge in [-0.05, 0) is 75.3 Å². The molecule has 4 atom stereocenters. The van der Waals surface area contributed by atoms with Crippen LogP contribution in [0.4, 0.5) is 0 Å². The Morgan fingerprint density at radius 1 is 1.28 bits per heavy atom. The van der Waals surface area contributed by atoms with Crippen molar-refractivity contribution in [2.45, 2.75) is 77.3 Å². The number of fused-ring (bicyclic) bond motifs is 6. The average Bonchev–Trinajstić information content (AvgIpc) is 3.20. The highest BCUT2D eigenvalue weighted by Crippen LogP contribution is 2.45. The molecule has 3 saturated heterocycles. The van der Waals surface area contributed by atoms with Crippen LogP contribution in [0.2, 0.25) is 0 Å². The molecule has 5 rings (SSSR count). The molecule has 29 heavy (non-hydrogen) atoms. The highest BCUT2D eigenvalue weighted by molar-refractivity contribution is 5.93. The van der Waals surface area contributed by atoms with Crippen LogP contribution in [0, 0.1) is 17.8 Å². The second kappa shape index (κ2) is 7.90. The molecular weight excluding hydrogens is 360 g/mol. The average molecular weight is 397 g/mol. The van der Waals surface area contributed by atoms with Gasteiger partial charge in [0.15, 0.2) is 0 Å². The third kappa shape index (κ3) is 3.67. The number of carbonyl (C=O) groups is 1. The normalized spacial score (nSPS) is 32.0. The van der Waals surface area contributed by atoms with Crippen LogP contribution in [0.15, 0.2) is 17.7 Å². The van der Waals surface area contributed by atoms with Crippen molar-refractivity contribution in [3.05, 3.63) is 29.1 Å². The minimum Gasteiger partial charge on any atom is -0.330 e. The van der Waals surface area contributed by atoms with Crippen LogP contribution in [0.25, 0.3) is 0 Å². The number of likely N-dealkylation sites (tertiary alicyclic amines) is 1. The lowest BCUT2D eigenvalue weighted by Gasteiger charge is -2.54. The predicted molar refractivity (Wildman–Crippen MR) is 115 cm³/mol. The minimum atomic E-state index is 0.131. The standard InChI is InChI=1S/C24H36N4O/c1-16(2)8-9-20-14-21(26-25-20)24(29)28-11-5-6-17-12-18-13-19(23(17)28)15-27-10-4-3-7-22(18)27/h12,14,16,18-19,22-23H,3-11,13,15H2,1-2H3,(H,25,26)/t18-,19-,22+,23+/m0/s1. The molecule has 158 valence electrons. The van der Waals surface area contributed by atoms with Crippen molar-refractivity contribution in [3.63, 3.8) is 0 Å². The van der Waals surface area contributed by atoms with E-state index in [2.05, 4.69) is 39.9 Å². The Kier molecular flexibility index (Phi) is 5.27. The van der Waals surface area contributed by atoms with Crippen molar-refractivity contribution >= 4 is 5.91 Å². The summed E-state index contributed by atoms with van der Waals surface area (Å²) in [6, 6.07) is 3.05. The summed E-state index contributed by atoms with van der Waals surface area (Å²) in [6.45, 7) is 7.77. The first-order valence-corrected chi connectivity index (χ1v) is 11.9. The van der Waals surface area contributed by atoms with Gasteiger partial charge in [0.25, 0.3) is 5.91 Å². The molecule has 1 aliphatic carbocycles. The van der Waals surface area contributed by atoms with E-state index >= 15 is 0 Å². The molecule has 2 bridgehead atoms. The lowest BCUT2D eigenvalue weighted by Crippen LogP contribution is -2.60. The van der Waals surface area contributed by atoms with Gasteiger partial charge in [0.05, 0.1) is 6.04 Å². The van der Waals surface area contributed by atoms with Crippen molar-refractivity contribution in [2.24, 2.45) is 17.8 Å². The van der Waals surface area contributed by atoms with Gasteiger partial charge in [0, 0.05) is 24.8 Å². The van der Waals surface area contributed by atoms with Crippen molar-refractivity contribution in [1.29, 1.82) is 0 Å². The third-order valence-corrected chi connectivity index (χ3v) is 7.76. The van der Waals surface area contributed by atoms with Crippen LogP contribution in [0.5, 0.6) is 0 Å². The Morgan fingerprint density at radius 3 is 3.03 bits per heavy atom. The van der Waals surface area contributed by atoms with Gasteiger partial charge in [0.2, 0.25) is 0 Å². The molecule has 5 nitrogen and oxygen atoms in total. The summed E-state index contributed by atoms with van der Waals surface area (Å²) in [4.78, 5) is 18.4. The number of hydrogen-bond acceptors (Lipinski definition) is 3. The topological polar surface area (TPSA) is 52.2 Å². The monoisotopic (exact) mass is 396 g/mol. The minimum absolute atomic E-state index is 0.131. The van der Waals surface area contributed by atoms with Crippen LogP contribution < -0.4 is 0 Å². The van der Waals surface area contributed by atoms with Crippen LogP contribution in [-0.4, -0.2) is 57.6 Å². The van der Waals surface area contributed by atoms with Gasteiger partial charge in [-0.15, -0.1) is 0 Å². The van der Waals surface area contributed by atoms with E-state index in [0.29, 0.717) is 29.5 Å². The smallest absolute Gasteiger partial charge is 0.274 e. The fourth-order valence-electron chi connectivity index (χ4n) is 6.39. The zero-order valence-corrected chi connectivity index (χ0v) is 18.1. The molecule has 0 aromatic carbocycles. The zero-order valence-electron chi connectivity index (χ0n) is 18.1. The van der Waals surface area contributed by atoms with Crippen LogP contribution in [-0.2, 0) is 6.42 Å². The molecule has 4 aliphatic rings. The molecule has 3 aliphatic heterocycles. The summed E-state index contributed by atoms with van der Waals surface area (Å²) in [5.74, 6) is 2.10. The van der Waals surface area contributed by atoms with E-state index < -0.39 is 0 Å². The van der Waals surface area contributed by atoms with E-state index in [-0.39, 0.29) is 5.91 Å². The maximum atomic E-state index is 13.5. The maximum Gasteiger partial charge on any atom is 0.274 e. The Hall–Kier alpha value is -1.62. The number of aromatic amines is 1. The second-order valence-electron chi connectivity index (χ2n) is 10.2. The fourth-order valence-corrected chi connectivity index (χ4v) is 6.39. The summed E-state index contributed by atoms with van der Waals surface area (Å²) in [7, 11) is 0.